The van der Waals surface area contributed by atoms with Crippen molar-refractivity contribution in [3.05, 3.63) is 58.5 Å². The van der Waals surface area contributed by atoms with Crippen molar-refractivity contribution in [1.29, 1.82) is 0 Å². The summed E-state index contributed by atoms with van der Waals surface area (Å²) in [4.78, 5) is 25.3. The van der Waals surface area contributed by atoms with Gasteiger partial charge in [0.2, 0.25) is 6.08 Å². The van der Waals surface area contributed by atoms with Crippen LogP contribution in [0.25, 0.3) is 4.13 Å². The van der Waals surface area contributed by atoms with Crippen molar-refractivity contribution in [2.45, 2.75) is 50.2 Å². The van der Waals surface area contributed by atoms with Gasteiger partial charge in [-0.1, -0.05) is 0 Å². The van der Waals surface area contributed by atoms with Crippen LogP contribution < -0.4 is 9.88 Å². The van der Waals surface area contributed by atoms with E-state index in [0.717, 1.165) is 36.4 Å². The first kappa shape index (κ1) is 35.5. The lowest BCUT2D eigenvalue weighted by atomic mass is 10.2. The number of amides is 1. The first-order valence-corrected chi connectivity index (χ1v) is 14.2. The second kappa shape index (κ2) is 15.5. The predicted molar refractivity (Wildman–Crippen MR) is 132 cm³/mol. The fourth-order valence-corrected chi connectivity index (χ4v) is 4.35. The van der Waals surface area contributed by atoms with Crippen LogP contribution in [0.4, 0.5) is 42.5 Å². The first-order chi connectivity index (χ1) is 18.9. The maximum atomic E-state index is 11.7. The van der Waals surface area contributed by atoms with Gasteiger partial charge in [-0.3, -0.25) is 5.32 Å². The largest absolute Gasteiger partial charge is 0.480 e. The van der Waals surface area contributed by atoms with E-state index in [-0.39, 0.29) is 0 Å². The normalized spacial score (nSPS) is 12.0. The van der Waals surface area contributed by atoms with E-state index in [0.29, 0.717) is 18.0 Å². The van der Waals surface area contributed by atoms with Crippen molar-refractivity contribution >= 4 is 43.6 Å². The number of isocyanates is 1. The first-order valence-electron chi connectivity index (χ1n) is 11.3. The SMILES string of the molecule is Cc1cc[n+](CCCCCCOC(=O)Nc2ccc(N=C=O)cc2)cc1.O=S(=O)([N-]S(=O)(=O)C(F)(F)F)C(F)(F)F. The number of pyridine rings is 1. The average Bonchev–Trinajstić information content (AvgIpc) is 2.84. The lowest BCUT2D eigenvalue weighted by Crippen LogP contribution is -2.32. The summed E-state index contributed by atoms with van der Waals surface area (Å²) in [5.74, 6) is 0. The van der Waals surface area contributed by atoms with E-state index >= 15 is 0 Å². The van der Waals surface area contributed by atoms with Gasteiger partial charge in [-0.25, -0.2) is 31.0 Å². The number of aromatic nitrogens is 1. The molecule has 1 aromatic carbocycles. The minimum atomic E-state index is -6.72. The highest BCUT2D eigenvalue weighted by molar-refractivity contribution is 8.13. The highest BCUT2D eigenvalue weighted by Gasteiger charge is 2.46. The molecule has 1 N–H and O–H groups in total. The molecule has 0 aliphatic rings. The zero-order valence-electron chi connectivity index (χ0n) is 21.1. The molecule has 1 heterocycles. The smallest absolute Gasteiger partial charge is 0.449 e. The Morgan fingerprint density at radius 3 is 1.90 bits per heavy atom. The number of alkyl halides is 6. The van der Waals surface area contributed by atoms with Gasteiger partial charge in [0.25, 0.3) is 0 Å². The molecule has 0 aliphatic carbocycles. The van der Waals surface area contributed by atoms with Gasteiger partial charge in [-0.05, 0) is 56.0 Å². The molecule has 19 heteroatoms. The predicted octanol–water partition coefficient (Wildman–Crippen LogP) is 5.12. The van der Waals surface area contributed by atoms with Crippen LogP contribution in [0, 0.1) is 6.92 Å². The van der Waals surface area contributed by atoms with Crippen LogP contribution in [-0.2, 0) is 36.1 Å². The van der Waals surface area contributed by atoms with E-state index < -0.39 is 37.2 Å². The van der Waals surface area contributed by atoms with Crippen molar-refractivity contribution < 1.29 is 62.1 Å². The summed E-state index contributed by atoms with van der Waals surface area (Å²) in [5, 5.41) is 2.63. The number of nitrogens with zero attached hydrogens (tertiary/aromatic N) is 3. The number of sulfonamides is 2. The number of carbonyl (C=O) groups excluding carboxylic acids is 2. The van der Waals surface area contributed by atoms with Crippen LogP contribution in [0.1, 0.15) is 31.2 Å². The van der Waals surface area contributed by atoms with Gasteiger partial charge in [0, 0.05) is 24.2 Å². The molecule has 41 heavy (non-hydrogen) atoms. The van der Waals surface area contributed by atoms with Crippen molar-refractivity contribution in [3.8, 4) is 0 Å². The van der Waals surface area contributed by atoms with Gasteiger partial charge >= 0.3 is 17.1 Å². The Hall–Kier alpha value is -3.54. The number of halogens is 6. The molecule has 0 aliphatic heterocycles. The number of aryl methyl sites for hydroxylation is 2. The summed E-state index contributed by atoms with van der Waals surface area (Å²) in [7, 11) is -13.4. The lowest BCUT2D eigenvalue weighted by Gasteiger charge is -2.22. The van der Waals surface area contributed by atoms with Crippen molar-refractivity contribution in [3.63, 3.8) is 0 Å². The fraction of sp³-hybridized carbons (Fsp3) is 0.409. The van der Waals surface area contributed by atoms with Crippen molar-refractivity contribution in [1.82, 2.24) is 0 Å². The standard InChI is InChI=1S/C20H23N3O3.C2F6NO4S2/c1-17-10-13-23(14-11-17)12-4-2-3-5-15-26-20(25)22-19-8-6-18(7-9-19)21-16-24;3-1(4,5)14(10,11)9-15(12,13)2(6,7)8/h6-11,13-14H,2-5,12,15H2,1H3;/q;-1/p+1. The van der Waals surface area contributed by atoms with E-state index in [1.807, 2.05) is 0 Å². The molecule has 0 fully saturated rings. The number of hydrogen-bond acceptors (Lipinski definition) is 8. The summed E-state index contributed by atoms with van der Waals surface area (Å²) in [5.41, 5.74) is -10.1. The third-order valence-corrected chi connectivity index (χ3v) is 7.41. The Kier molecular flexibility index (Phi) is 13.4. The van der Waals surface area contributed by atoms with E-state index in [1.165, 1.54) is 11.6 Å². The van der Waals surface area contributed by atoms with Crippen LogP contribution in [-0.4, -0.2) is 46.6 Å². The van der Waals surface area contributed by atoms with Gasteiger partial charge in [-0.2, -0.15) is 31.3 Å². The summed E-state index contributed by atoms with van der Waals surface area (Å²) in [6.45, 7) is 3.49. The van der Waals surface area contributed by atoms with E-state index in [1.54, 1.807) is 24.3 Å². The van der Waals surface area contributed by atoms with Crippen molar-refractivity contribution in [2.24, 2.45) is 4.99 Å². The van der Waals surface area contributed by atoms with Crippen LogP contribution in [0.5, 0.6) is 0 Å². The highest BCUT2D eigenvalue weighted by atomic mass is 32.3. The Labute approximate surface area is 231 Å². The molecule has 0 bridgehead atoms. The Balaban J connectivity index is 0.000000479. The van der Waals surface area contributed by atoms with Gasteiger partial charge in [0.1, 0.15) is 6.54 Å². The third kappa shape index (κ3) is 13.1. The molecular weight excluding hydrogens is 610 g/mol. The van der Waals surface area contributed by atoms with Gasteiger partial charge < -0.3 is 8.86 Å². The number of anilines is 1. The zero-order chi connectivity index (χ0) is 31.3. The van der Waals surface area contributed by atoms with E-state index in [2.05, 4.69) is 46.3 Å². The number of rotatable bonds is 11. The summed E-state index contributed by atoms with van der Waals surface area (Å²) in [6.07, 6.45) is 9.26. The molecule has 11 nitrogen and oxygen atoms in total. The maximum absolute atomic E-state index is 11.7. The van der Waals surface area contributed by atoms with E-state index in [4.69, 9.17) is 4.74 Å². The van der Waals surface area contributed by atoms with Crippen molar-refractivity contribution in [2.75, 3.05) is 11.9 Å². The quantitative estimate of drug-likeness (QED) is 0.118. The van der Waals surface area contributed by atoms with Gasteiger partial charge in [-0.15, -0.1) is 0 Å². The molecule has 0 radical (unpaired) electrons. The fourth-order valence-electron chi connectivity index (χ4n) is 2.64. The van der Waals surface area contributed by atoms with Gasteiger partial charge in [0.05, 0.1) is 12.3 Å². The second-order valence-electron chi connectivity index (χ2n) is 7.95. The Morgan fingerprint density at radius 2 is 1.41 bits per heavy atom. The number of hydrogen-bond donors (Lipinski definition) is 1. The van der Waals surface area contributed by atoms with Crippen LogP contribution in [0.3, 0.4) is 0 Å². The maximum Gasteiger partial charge on any atom is 0.480 e. The number of benzene rings is 1. The minimum absolute atomic E-state index is 0.400. The Morgan fingerprint density at radius 1 is 0.902 bits per heavy atom. The molecule has 0 spiro atoms. The minimum Gasteiger partial charge on any atom is -0.449 e. The van der Waals surface area contributed by atoms with Crippen LogP contribution >= 0.6 is 0 Å². The molecule has 0 saturated heterocycles. The van der Waals surface area contributed by atoms with Crippen LogP contribution in [0.15, 0.2) is 53.8 Å². The number of carbonyl (C=O) groups is 1. The van der Waals surface area contributed by atoms with Gasteiger partial charge in [0.15, 0.2) is 32.4 Å². The summed E-state index contributed by atoms with van der Waals surface area (Å²) >= 11 is 0. The summed E-state index contributed by atoms with van der Waals surface area (Å²) < 4.78 is 117. The molecular formula is C22H24F6N4O7S2. The lowest BCUT2D eigenvalue weighted by molar-refractivity contribution is -0.697. The number of unbranched alkanes of at least 4 members (excludes halogenated alkanes) is 3. The second-order valence-corrected chi connectivity index (χ2v) is 11.4. The monoisotopic (exact) mass is 634 g/mol. The molecule has 0 unspecified atom stereocenters. The molecule has 1 aromatic heterocycles. The molecule has 1 amide bonds. The molecule has 2 rings (SSSR count). The van der Waals surface area contributed by atoms with E-state index in [9.17, 15) is 52.8 Å². The Bertz CT molecular complexity index is 1350. The molecule has 228 valence electrons. The summed E-state index contributed by atoms with van der Waals surface area (Å²) in [6, 6.07) is 10.8. The number of nitrogens with one attached hydrogen (secondary N) is 1. The molecule has 2 aromatic rings. The molecule has 0 saturated carbocycles. The number of ether oxygens (including phenoxy) is 1. The molecule has 0 atom stereocenters. The third-order valence-electron chi connectivity index (χ3n) is 4.67. The topological polar surface area (TPSA) is 154 Å². The number of aliphatic imine (C=N–C) groups is 1. The average molecular weight is 635 g/mol. The highest BCUT2D eigenvalue weighted by Crippen LogP contribution is 2.36. The van der Waals surface area contributed by atoms with Crippen LogP contribution in [0.2, 0.25) is 0 Å². The zero-order valence-corrected chi connectivity index (χ0v) is 22.8.